The van der Waals surface area contributed by atoms with Crippen LogP contribution in [0.5, 0.6) is 0 Å². The highest BCUT2D eigenvalue weighted by molar-refractivity contribution is 7.13. The molecule has 0 amide bonds. The minimum Gasteiger partial charge on any atom is -0.465 e. The Kier molecular flexibility index (Phi) is 3.95. The fourth-order valence-electron chi connectivity index (χ4n) is 2.60. The monoisotopic (exact) mass is 347 g/mol. The summed E-state index contributed by atoms with van der Waals surface area (Å²) in [6.07, 6.45) is 3.50. The van der Waals surface area contributed by atoms with Gasteiger partial charge in [-0.15, -0.1) is 11.3 Å². The molecule has 0 aliphatic rings. The Labute approximate surface area is 148 Å². The molecule has 0 radical (unpaired) electrons. The second-order valence-corrected chi connectivity index (χ2v) is 6.19. The minimum absolute atomic E-state index is 0.367. The van der Waals surface area contributed by atoms with E-state index in [1.165, 1.54) is 7.11 Å². The number of pyridine rings is 2. The molecule has 0 aliphatic carbocycles. The Hall–Kier alpha value is -3.12. The first-order valence-corrected chi connectivity index (χ1v) is 8.48. The Morgan fingerprint density at radius 1 is 1.00 bits per heavy atom. The van der Waals surface area contributed by atoms with Crippen LogP contribution in [-0.4, -0.2) is 28.0 Å². The molecule has 0 N–H and O–H groups in total. The Bertz CT molecular complexity index is 1060. The molecule has 0 atom stereocenters. The number of hydrogen-bond donors (Lipinski definition) is 0. The van der Waals surface area contributed by atoms with Crippen molar-refractivity contribution in [2.24, 2.45) is 0 Å². The Balaban J connectivity index is 1.76. The van der Waals surface area contributed by atoms with E-state index in [-0.39, 0.29) is 5.97 Å². The maximum Gasteiger partial charge on any atom is 0.338 e. The van der Waals surface area contributed by atoms with Gasteiger partial charge in [-0.05, 0) is 36.4 Å². The highest BCUT2D eigenvalue weighted by Gasteiger charge is 2.13. The standard InChI is InChI=1S/C19H13N3O2S/c1-24-19(23)14-3-2-4-15-13(14)5-6-16(21-15)17-11-25-18(22-17)12-7-9-20-10-8-12/h2-11H,1H3. The summed E-state index contributed by atoms with van der Waals surface area (Å²) < 4.78 is 4.83. The van der Waals surface area contributed by atoms with Crippen molar-refractivity contribution in [2.75, 3.05) is 7.11 Å². The van der Waals surface area contributed by atoms with Crippen LogP contribution in [0.2, 0.25) is 0 Å². The number of carbonyl (C=O) groups excluding carboxylic acids is 1. The van der Waals surface area contributed by atoms with Crippen molar-refractivity contribution in [3.63, 3.8) is 0 Å². The molecule has 0 saturated heterocycles. The molecule has 0 bridgehead atoms. The van der Waals surface area contributed by atoms with Crippen molar-refractivity contribution in [3.05, 3.63) is 65.8 Å². The number of benzene rings is 1. The average Bonchev–Trinajstić information content (AvgIpc) is 3.17. The van der Waals surface area contributed by atoms with Gasteiger partial charge in [0, 0.05) is 28.7 Å². The summed E-state index contributed by atoms with van der Waals surface area (Å²) in [6.45, 7) is 0. The first kappa shape index (κ1) is 15.4. The lowest BCUT2D eigenvalue weighted by molar-refractivity contribution is 0.0603. The van der Waals surface area contributed by atoms with Gasteiger partial charge < -0.3 is 4.74 Å². The summed E-state index contributed by atoms with van der Waals surface area (Å²) in [7, 11) is 1.37. The molecule has 0 fully saturated rings. The van der Waals surface area contributed by atoms with Crippen LogP contribution >= 0.6 is 11.3 Å². The molecule has 3 aromatic heterocycles. The lowest BCUT2D eigenvalue weighted by atomic mass is 10.1. The lowest BCUT2D eigenvalue weighted by Gasteiger charge is -2.05. The number of ether oxygens (including phenoxy) is 1. The van der Waals surface area contributed by atoms with E-state index in [1.54, 1.807) is 35.9 Å². The second kappa shape index (κ2) is 6.41. The van der Waals surface area contributed by atoms with Crippen molar-refractivity contribution in [1.29, 1.82) is 0 Å². The van der Waals surface area contributed by atoms with Crippen molar-refractivity contribution in [2.45, 2.75) is 0 Å². The van der Waals surface area contributed by atoms with Crippen molar-refractivity contribution < 1.29 is 9.53 Å². The zero-order chi connectivity index (χ0) is 17.2. The molecule has 5 nitrogen and oxygen atoms in total. The third kappa shape index (κ3) is 2.88. The van der Waals surface area contributed by atoms with E-state index >= 15 is 0 Å². The highest BCUT2D eigenvalue weighted by Crippen LogP contribution is 2.29. The van der Waals surface area contributed by atoms with Gasteiger partial charge in [-0.25, -0.2) is 14.8 Å². The summed E-state index contributed by atoms with van der Waals surface area (Å²) in [5, 5.41) is 3.67. The molecule has 1 aromatic carbocycles. The highest BCUT2D eigenvalue weighted by atomic mass is 32.1. The van der Waals surface area contributed by atoms with E-state index in [0.29, 0.717) is 5.56 Å². The van der Waals surface area contributed by atoms with Gasteiger partial charge >= 0.3 is 5.97 Å². The molecule has 0 aliphatic heterocycles. The number of fused-ring (bicyclic) bond motifs is 1. The number of rotatable bonds is 3. The van der Waals surface area contributed by atoms with Gasteiger partial charge in [-0.2, -0.15) is 0 Å². The maximum absolute atomic E-state index is 11.9. The number of esters is 1. The summed E-state index contributed by atoms with van der Waals surface area (Å²) in [5.74, 6) is -0.367. The fourth-order valence-corrected chi connectivity index (χ4v) is 3.42. The third-order valence-electron chi connectivity index (χ3n) is 3.83. The predicted molar refractivity (Wildman–Crippen MR) is 97.4 cm³/mol. The van der Waals surface area contributed by atoms with Gasteiger partial charge in [-0.3, -0.25) is 4.98 Å². The van der Waals surface area contributed by atoms with Gasteiger partial charge in [0.2, 0.25) is 0 Å². The number of methoxy groups -OCH3 is 1. The molecule has 0 spiro atoms. The molecular weight excluding hydrogens is 334 g/mol. The maximum atomic E-state index is 11.9. The molecule has 4 rings (SSSR count). The number of carbonyl (C=O) groups is 1. The average molecular weight is 347 g/mol. The zero-order valence-corrected chi connectivity index (χ0v) is 14.2. The Morgan fingerprint density at radius 2 is 1.84 bits per heavy atom. The summed E-state index contributed by atoms with van der Waals surface area (Å²) in [4.78, 5) is 25.2. The van der Waals surface area contributed by atoms with E-state index < -0.39 is 0 Å². The topological polar surface area (TPSA) is 65.0 Å². The molecule has 0 saturated carbocycles. The third-order valence-corrected chi connectivity index (χ3v) is 4.72. The summed E-state index contributed by atoms with van der Waals surface area (Å²) in [5.41, 5.74) is 3.85. The number of thiazole rings is 1. The van der Waals surface area contributed by atoms with Gasteiger partial charge in [0.05, 0.1) is 23.9 Å². The van der Waals surface area contributed by atoms with Crippen LogP contribution in [0.1, 0.15) is 10.4 Å². The smallest absolute Gasteiger partial charge is 0.338 e. The van der Waals surface area contributed by atoms with Crippen molar-refractivity contribution >= 4 is 28.2 Å². The Morgan fingerprint density at radius 3 is 2.64 bits per heavy atom. The van der Waals surface area contributed by atoms with Crippen LogP contribution in [0.3, 0.4) is 0 Å². The van der Waals surface area contributed by atoms with Crippen LogP contribution in [-0.2, 0) is 4.74 Å². The van der Waals surface area contributed by atoms with Gasteiger partial charge in [0.1, 0.15) is 10.7 Å². The van der Waals surface area contributed by atoms with E-state index in [0.717, 1.165) is 32.9 Å². The predicted octanol–water partition coefficient (Wildman–Crippen LogP) is 4.21. The summed E-state index contributed by atoms with van der Waals surface area (Å²) >= 11 is 1.56. The van der Waals surface area contributed by atoms with Crippen LogP contribution < -0.4 is 0 Å². The SMILES string of the molecule is COC(=O)c1cccc2nc(-c3csc(-c4ccncc4)n3)ccc12. The van der Waals surface area contributed by atoms with Gasteiger partial charge in [0.15, 0.2) is 0 Å². The van der Waals surface area contributed by atoms with Crippen LogP contribution in [0.15, 0.2) is 60.2 Å². The van der Waals surface area contributed by atoms with Crippen molar-refractivity contribution in [3.8, 4) is 22.0 Å². The molecule has 3 heterocycles. The second-order valence-electron chi connectivity index (χ2n) is 5.33. The lowest BCUT2D eigenvalue weighted by Crippen LogP contribution is -2.02. The fraction of sp³-hybridized carbons (Fsp3) is 0.0526. The molecular formula is C19H13N3O2S. The normalized spacial score (nSPS) is 10.8. The molecule has 6 heteroatoms. The van der Waals surface area contributed by atoms with Gasteiger partial charge in [0.25, 0.3) is 0 Å². The molecule has 0 unspecified atom stereocenters. The van der Waals surface area contributed by atoms with Crippen LogP contribution in [0.25, 0.3) is 32.9 Å². The number of nitrogens with zero attached hydrogens (tertiary/aromatic N) is 3. The zero-order valence-electron chi connectivity index (χ0n) is 13.3. The van der Waals surface area contributed by atoms with Crippen LogP contribution in [0.4, 0.5) is 0 Å². The number of hydrogen-bond acceptors (Lipinski definition) is 6. The van der Waals surface area contributed by atoms with E-state index in [4.69, 9.17) is 4.74 Å². The van der Waals surface area contributed by atoms with E-state index in [9.17, 15) is 4.79 Å². The van der Waals surface area contributed by atoms with E-state index in [1.807, 2.05) is 35.7 Å². The molecule has 4 aromatic rings. The van der Waals surface area contributed by atoms with Crippen LogP contribution in [0, 0.1) is 0 Å². The quantitative estimate of drug-likeness (QED) is 0.520. The molecule has 122 valence electrons. The first-order valence-electron chi connectivity index (χ1n) is 7.60. The number of aromatic nitrogens is 3. The minimum atomic E-state index is -0.367. The van der Waals surface area contributed by atoms with Gasteiger partial charge in [-0.1, -0.05) is 6.07 Å². The summed E-state index contributed by atoms with van der Waals surface area (Å²) in [6, 6.07) is 13.0. The first-order chi connectivity index (χ1) is 12.3. The van der Waals surface area contributed by atoms with E-state index in [2.05, 4.69) is 15.0 Å². The molecule has 25 heavy (non-hydrogen) atoms. The largest absolute Gasteiger partial charge is 0.465 e. The van der Waals surface area contributed by atoms with Crippen molar-refractivity contribution in [1.82, 2.24) is 15.0 Å².